The molecule has 0 atom stereocenters. The lowest BCUT2D eigenvalue weighted by Gasteiger charge is -2.19. The van der Waals surface area contributed by atoms with Crippen LogP contribution in [0.4, 0.5) is 5.69 Å². The van der Waals surface area contributed by atoms with E-state index in [0.29, 0.717) is 11.3 Å². The Hall–Kier alpha value is -3.56. The summed E-state index contributed by atoms with van der Waals surface area (Å²) in [5.74, 6) is -1.73. The van der Waals surface area contributed by atoms with E-state index in [1.165, 1.54) is 36.4 Å². The average molecular weight is 510 g/mol. The van der Waals surface area contributed by atoms with Crippen LogP contribution in [0, 0.1) is 0 Å². The number of rotatable bonds is 5. The fourth-order valence-electron chi connectivity index (χ4n) is 3.17. The third kappa shape index (κ3) is 4.39. The minimum Gasteiger partial charge on any atom is -0.545 e. The molecule has 160 valence electrons. The molecular weight excluding hydrogens is 496 g/mol. The molecule has 0 saturated heterocycles. The number of benzene rings is 3. The Morgan fingerprint density at radius 2 is 1.62 bits per heavy atom. The van der Waals surface area contributed by atoms with Crippen molar-refractivity contribution in [3.8, 4) is 0 Å². The molecule has 0 heterocycles. The zero-order chi connectivity index (χ0) is 22.9. The van der Waals surface area contributed by atoms with Crippen molar-refractivity contribution in [3.63, 3.8) is 0 Å². The molecule has 0 spiro atoms. The summed E-state index contributed by atoms with van der Waals surface area (Å²) in [6.45, 7) is 0. The highest BCUT2D eigenvalue weighted by atomic mass is 79.9. The van der Waals surface area contributed by atoms with Crippen molar-refractivity contribution in [2.45, 2.75) is 4.90 Å². The van der Waals surface area contributed by atoms with Gasteiger partial charge in [-0.1, -0.05) is 52.3 Å². The fraction of sp³-hybridized carbons (Fsp3) is 0. The molecule has 3 aromatic carbocycles. The molecule has 0 bridgehead atoms. The number of carbonyl (C=O) groups excluding carboxylic acids is 2. The maximum absolute atomic E-state index is 13.0. The Labute approximate surface area is 192 Å². The number of aromatic carboxylic acids is 1. The number of sulfonamides is 1. The smallest absolute Gasteiger partial charge is 0.282 e. The van der Waals surface area contributed by atoms with E-state index in [4.69, 9.17) is 0 Å². The number of anilines is 1. The first-order chi connectivity index (χ1) is 15.2. The van der Waals surface area contributed by atoms with Crippen LogP contribution in [0.2, 0.25) is 0 Å². The zero-order valence-corrected chi connectivity index (χ0v) is 18.7. The highest BCUT2D eigenvalue weighted by Crippen LogP contribution is 2.26. The molecule has 0 radical (unpaired) electrons. The van der Waals surface area contributed by atoms with Gasteiger partial charge in [-0.2, -0.15) is 12.8 Å². The van der Waals surface area contributed by atoms with E-state index in [1.807, 2.05) is 0 Å². The lowest BCUT2D eigenvalue weighted by molar-refractivity contribution is -0.255. The molecule has 32 heavy (non-hydrogen) atoms. The highest BCUT2D eigenvalue weighted by Gasteiger charge is 2.26. The molecular formula is C23H14BrN2O5S-. The van der Waals surface area contributed by atoms with Gasteiger partial charge in [0, 0.05) is 21.3 Å². The minimum absolute atomic E-state index is 0.00662. The average Bonchev–Trinajstić information content (AvgIpc) is 2.77. The predicted octanol–water partition coefficient (Wildman–Crippen LogP) is 3.18. The van der Waals surface area contributed by atoms with Crippen LogP contribution >= 0.6 is 15.9 Å². The van der Waals surface area contributed by atoms with Crippen molar-refractivity contribution in [1.82, 2.24) is 0 Å². The van der Waals surface area contributed by atoms with Gasteiger partial charge in [0.1, 0.15) is 0 Å². The number of nitrogens with one attached hydrogen (secondary N) is 1. The van der Waals surface area contributed by atoms with Gasteiger partial charge in [0.15, 0.2) is 0 Å². The topological polar surface area (TPSA) is 116 Å². The quantitative estimate of drug-likeness (QED) is 0.564. The molecule has 0 saturated carbocycles. The predicted molar refractivity (Wildman–Crippen MR) is 121 cm³/mol. The molecule has 9 heteroatoms. The lowest BCUT2D eigenvalue weighted by Crippen LogP contribution is -2.24. The second-order valence-corrected chi connectivity index (χ2v) is 9.35. The molecule has 7 nitrogen and oxygen atoms in total. The van der Waals surface area contributed by atoms with E-state index in [1.54, 1.807) is 42.5 Å². The summed E-state index contributed by atoms with van der Waals surface area (Å²) in [7, 11) is -4.05. The monoisotopic (exact) mass is 509 g/mol. The number of carboxylic acids is 1. The number of hydrogen-bond acceptors (Lipinski definition) is 6. The normalized spacial score (nSPS) is 14.6. The summed E-state index contributed by atoms with van der Waals surface area (Å²) in [4.78, 5) is 24.1. The van der Waals surface area contributed by atoms with Crippen LogP contribution in [0.5, 0.6) is 0 Å². The van der Waals surface area contributed by atoms with Crippen molar-refractivity contribution in [1.29, 1.82) is 0 Å². The maximum atomic E-state index is 13.0. The van der Waals surface area contributed by atoms with E-state index in [0.717, 1.165) is 4.47 Å². The van der Waals surface area contributed by atoms with Crippen LogP contribution < -0.4 is 10.4 Å². The van der Waals surface area contributed by atoms with Gasteiger partial charge in [0.25, 0.3) is 10.0 Å². The Morgan fingerprint density at radius 3 is 2.31 bits per heavy atom. The summed E-state index contributed by atoms with van der Waals surface area (Å²) in [6.07, 6.45) is 1.34. The molecule has 0 aromatic heterocycles. The second kappa shape index (κ2) is 8.52. The number of nitrogens with zero attached hydrogens (tertiary/aromatic N) is 1. The Bertz CT molecular complexity index is 1410. The van der Waals surface area contributed by atoms with Crippen LogP contribution in [0.25, 0.3) is 0 Å². The molecule has 0 aliphatic heterocycles. The van der Waals surface area contributed by atoms with Crippen LogP contribution in [-0.4, -0.2) is 25.9 Å². The number of ketones is 1. The molecule has 1 aliphatic carbocycles. The van der Waals surface area contributed by atoms with Crippen molar-refractivity contribution < 1.29 is 23.1 Å². The third-order valence-corrected chi connectivity index (χ3v) is 6.51. The largest absolute Gasteiger partial charge is 0.545 e. The maximum Gasteiger partial charge on any atom is 0.282 e. The van der Waals surface area contributed by atoms with E-state index in [2.05, 4.69) is 25.6 Å². The standard InChI is InChI=1S/C23H15BrN2O5S/c24-15-8-10-17(11-9-15)32(30,31)26-20-13-21(22(27)19-7-2-1-6-18(19)20)25-16-5-3-4-14(12-16)23(28)29/h1-13,25H,(H,28,29)/p-1. The number of carbonyl (C=O) groups is 2. The summed E-state index contributed by atoms with van der Waals surface area (Å²) in [6, 6.07) is 18.4. The van der Waals surface area contributed by atoms with Gasteiger partial charge >= 0.3 is 0 Å². The first kappa shape index (κ1) is 21.7. The molecule has 0 amide bonds. The summed E-state index contributed by atoms with van der Waals surface area (Å²) >= 11 is 3.27. The number of carboxylic acid groups (broad SMARTS) is 1. The molecule has 0 unspecified atom stereocenters. The van der Waals surface area contributed by atoms with Crippen molar-refractivity contribution in [2.24, 2.45) is 4.40 Å². The first-order valence-electron chi connectivity index (χ1n) is 9.29. The SMILES string of the molecule is O=C([O-])c1cccc(NC2=CC(=NS(=O)(=O)c3ccc(Br)cc3)c3ccccc3C2=O)c1. The molecule has 4 rings (SSSR count). The van der Waals surface area contributed by atoms with Crippen molar-refractivity contribution >= 4 is 49.1 Å². The Balaban J connectivity index is 1.80. The number of allylic oxidation sites excluding steroid dienone is 2. The van der Waals surface area contributed by atoms with Crippen LogP contribution in [0.3, 0.4) is 0 Å². The Morgan fingerprint density at radius 1 is 0.938 bits per heavy atom. The number of fused-ring (bicyclic) bond motifs is 1. The fourth-order valence-corrected chi connectivity index (χ4v) is 4.43. The lowest BCUT2D eigenvalue weighted by atomic mass is 9.92. The van der Waals surface area contributed by atoms with Gasteiger partial charge in [0.05, 0.1) is 22.3 Å². The first-order valence-corrected chi connectivity index (χ1v) is 11.5. The van der Waals surface area contributed by atoms with Crippen molar-refractivity contribution in [3.05, 3.63) is 106 Å². The van der Waals surface area contributed by atoms with Crippen LogP contribution in [0.1, 0.15) is 26.3 Å². The van der Waals surface area contributed by atoms with Crippen LogP contribution in [-0.2, 0) is 10.0 Å². The summed E-state index contributed by atoms with van der Waals surface area (Å²) in [5, 5.41) is 14.0. The second-order valence-electron chi connectivity index (χ2n) is 6.83. The van der Waals surface area contributed by atoms with Crippen LogP contribution in [0.15, 0.2) is 98.3 Å². The third-order valence-electron chi connectivity index (χ3n) is 4.68. The summed E-state index contributed by atoms with van der Waals surface area (Å²) < 4.78 is 30.5. The number of halogens is 1. The summed E-state index contributed by atoms with van der Waals surface area (Å²) in [5.41, 5.74) is 1.07. The minimum atomic E-state index is -4.05. The van der Waals surface area contributed by atoms with E-state index >= 15 is 0 Å². The van der Waals surface area contributed by atoms with Gasteiger partial charge < -0.3 is 15.2 Å². The highest BCUT2D eigenvalue weighted by molar-refractivity contribution is 9.10. The molecule has 1 aliphatic rings. The van der Waals surface area contributed by atoms with E-state index < -0.39 is 16.0 Å². The number of Topliss-reactive ketones (excluding diaryl/α,β-unsaturated/α-hetero) is 1. The van der Waals surface area contributed by atoms with Crippen molar-refractivity contribution in [2.75, 3.05) is 5.32 Å². The van der Waals surface area contributed by atoms with Gasteiger partial charge in [-0.15, -0.1) is 0 Å². The number of hydrogen-bond donors (Lipinski definition) is 1. The van der Waals surface area contributed by atoms with Gasteiger partial charge in [-0.05, 0) is 48.0 Å². The molecule has 3 aromatic rings. The van der Waals surface area contributed by atoms with Gasteiger partial charge in [-0.3, -0.25) is 4.79 Å². The molecule has 1 N–H and O–H groups in total. The zero-order valence-electron chi connectivity index (χ0n) is 16.3. The molecule has 0 fully saturated rings. The van der Waals surface area contributed by atoms with E-state index in [9.17, 15) is 23.1 Å². The van der Waals surface area contributed by atoms with E-state index in [-0.39, 0.29) is 33.2 Å². The van der Waals surface area contributed by atoms with Gasteiger partial charge in [0.2, 0.25) is 5.78 Å². The van der Waals surface area contributed by atoms with Gasteiger partial charge in [-0.25, -0.2) is 0 Å². The Kier molecular flexibility index (Phi) is 5.77.